The first kappa shape index (κ1) is 28.8. The van der Waals surface area contributed by atoms with Crippen LogP contribution in [-0.4, -0.2) is 52.1 Å². The third kappa shape index (κ3) is 6.04. The highest BCUT2D eigenvalue weighted by molar-refractivity contribution is 7.98. The molecule has 0 radical (unpaired) electrons. The van der Waals surface area contributed by atoms with Gasteiger partial charge in [0.05, 0.1) is 18.2 Å². The number of carbonyl (C=O) groups excluding carboxylic acids is 3. The lowest BCUT2D eigenvalue weighted by Gasteiger charge is -2.33. The van der Waals surface area contributed by atoms with Gasteiger partial charge in [-0.25, -0.2) is 9.59 Å². The molecule has 2 unspecified atom stereocenters. The number of nitrogens with one attached hydrogen (secondary N) is 1. The van der Waals surface area contributed by atoms with E-state index in [1.807, 2.05) is 17.7 Å². The summed E-state index contributed by atoms with van der Waals surface area (Å²) in [6.45, 7) is 10.0. The monoisotopic (exact) mass is 570 g/mol. The molecule has 0 fully saturated rings. The maximum Gasteiger partial charge on any atom is 0.341 e. The number of thioether (sulfide) groups is 1. The number of aryl methyl sites for hydroxylation is 1. The van der Waals surface area contributed by atoms with E-state index in [9.17, 15) is 14.4 Å². The lowest BCUT2D eigenvalue weighted by Crippen LogP contribution is -2.30. The number of carbonyl (C=O) groups is 3. The fraction of sp³-hybridized carbons (Fsp3) is 0.464. The second-order valence-corrected chi connectivity index (χ2v) is 12.5. The van der Waals surface area contributed by atoms with Gasteiger partial charge in [0.25, 0.3) is 5.91 Å². The Balaban J connectivity index is 1.47. The zero-order valence-corrected chi connectivity index (χ0v) is 24.9. The average molecular weight is 571 g/mol. The zero-order chi connectivity index (χ0) is 28.5. The van der Waals surface area contributed by atoms with E-state index >= 15 is 0 Å². The van der Waals surface area contributed by atoms with Gasteiger partial charge in [0.15, 0.2) is 11.3 Å². The molecule has 9 nitrogen and oxygen atoms in total. The van der Waals surface area contributed by atoms with Crippen molar-refractivity contribution in [2.75, 3.05) is 18.7 Å². The van der Waals surface area contributed by atoms with Crippen LogP contribution >= 0.6 is 23.1 Å². The lowest BCUT2D eigenvalue weighted by atomic mass is 9.72. The van der Waals surface area contributed by atoms with Crippen LogP contribution < -0.4 is 5.32 Å². The molecule has 2 atom stereocenters. The Morgan fingerprint density at radius 2 is 1.85 bits per heavy atom. The third-order valence-corrected chi connectivity index (χ3v) is 8.91. The highest BCUT2D eigenvalue weighted by Gasteiger charge is 2.35. The van der Waals surface area contributed by atoms with E-state index in [0.717, 1.165) is 46.4 Å². The third-order valence-electron chi connectivity index (χ3n) is 7.11. The molecule has 2 aromatic heterocycles. The Kier molecular flexibility index (Phi) is 8.51. The molecule has 1 aromatic carbocycles. The van der Waals surface area contributed by atoms with Crippen LogP contribution in [0.1, 0.15) is 71.1 Å². The largest absolute Gasteiger partial charge is 0.465 e. The summed E-state index contributed by atoms with van der Waals surface area (Å²) in [6, 6.07) is 6.84. The second-order valence-electron chi connectivity index (χ2n) is 10.7. The molecule has 0 bridgehead atoms. The summed E-state index contributed by atoms with van der Waals surface area (Å²) in [5.41, 5.74) is 2.62. The van der Waals surface area contributed by atoms with Crippen LogP contribution in [0.4, 0.5) is 5.00 Å². The van der Waals surface area contributed by atoms with Gasteiger partial charge in [-0.05, 0) is 80.5 Å². The zero-order valence-electron chi connectivity index (χ0n) is 23.3. The second kappa shape index (κ2) is 11.5. The molecule has 0 aliphatic heterocycles. The molecule has 39 heavy (non-hydrogen) atoms. The van der Waals surface area contributed by atoms with E-state index in [4.69, 9.17) is 9.47 Å². The lowest BCUT2D eigenvalue weighted by molar-refractivity contribution is -0.123. The van der Waals surface area contributed by atoms with Crippen LogP contribution in [0.3, 0.4) is 0 Å². The topological polar surface area (TPSA) is 112 Å². The Bertz CT molecular complexity index is 1390. The van der Waals surface area contributed by atoms with Crippen molar-refractivity contribution in [3.05, 3.63) is 51.7 Å². The smallest absolute Gasteiger partial charge is 0.341 e. The summed E-state index contributed by atoms with van der Waals surface area (Å²) in [5, 5.41) is 12.2. The maximum absolute atomic E-state index is 13.0. The average Bonchev–Trinajstić information content (AvgIpc) is 3.46. The Morgan fingerprint density at radius 3 is 2.46 bits per heavy atom. The van der Waals surface area contributed by atoms with Crippen molar-refractivity contribution in [1.29, 1.82) is 0 Å². The van der Waals surface area contributed by atoms with Gasteiger partial charge in [-0.3, -0.25) is 9.36 Å². The number of methoxy groups -OCH3 is 1. The van der Waals surface area contributed by atoms with E-state index in [0.29, 0.717) is 22.0 Å². The molecule has 2 heterocycles. The Hall–Kier alpha value is -3.18. The first-order valence-corrected chi connectivity index (χ1v) is 14.8. The number of amides is 1. The van der Waals surface area contributed by atoms with Crippen LogP contribution in [0, 0.1) is 18.3 Å². The van der Waals surface area contributed by atoms with Gasteiger partial charge in [0.1, 0.15) is 10.8 Å². The molecule has 4 rings (SSSR count). The predicted molar refractivity (Wildman–Crippen MR) is 152 cm³/mol. The molecule has 0 spiro atoms. The predicted octanol–water partition coefficient (Wildman–Crippen LogP) is 5.48. The summed E-state index contributed by atoms with van der Waals surface area (Å²) in [7, 11) is 1.33. The van der Waals surface area contributed by atoms with Crippen molar-refractivity contribution in [3.8, 4) is 5.69 Å². The SMILES string of the molecule is COC(=O)c1c(NC(=O)C(C)OC(=O)c2ccc(-n3c(C)nnc3SC)cc2)sc2c1CCC(C(C)(C)C)C2. The summed E-state index contributed by atoms with van der Waals surface area (Å²) >= 11 is 2.88. The highest BCUT2D eigenvalue weighted by atomic mass is 32.2. The van der Waals surface area contributed by atoms with Crippen molar-refractivity contribution >= 4 is 45.9 Å². The fourth-order valence-corrected chi connectivity index (χ4v) is 6.61. The van der Waals surface area contributed by atoms with Crippen LogP contribution in [0.25, 0.3) is 5.69 Å². The molecule has 1 aliphatic rings. The molecule has 0 saturated carbocycles. The van der Waals surface area contributed by atoms with Crippen molar-refractivity contribution in [3.63, 3.8) is 0 Å². The molecular formula is C28H34N4O5S2. The number of esters is 2. The standard InChI is InChI=1S/C28H34N4O5S2/c1-15(37-25(34)17-8-11-19(12-9-17)32-16(2)30-31-27(32)38-7)23(33)29-24-22(26(35)36-6)20-13-10-18(28(3,4)5)14-21(20)39-24/h8-9,11-12,15,18H,10,13-14H2,1-7H3,(H,29,33). The summed E-state index contributed by atoms with van der Waals surface area (Å²) in [4.78, 5) is 39.6. The van der Waals surface area contributed by atoms with E-state index in [1.165, 1.54) is 37.1 Å². The Labute approximate surface area is 236 Å². The number of nitrogens with zero attached hydrogens (tertiary/aromatic N) is 3. The number of anilines is 1. The number of hydrogen-bond donors (Lipinski definition) is 1. The Morgan fingerprint density at radius 1 is 1.15 bits per heavy atom. The first-order chi connectivity index (χ1) is 18.4. The number of aromatic nitrogens is 3. The van der Waals surface area contributed by atoms with Crippen molar-refractivity contribution in [1.82, 2.24) is 14.8 Å². The molecule has 11 heteroatoms. The van der Waals surface area contributed by atoms with E-state index < -0.39 is 23.9 Å². The number of ether oxygens (including phenoxy) is 2. The minimum Gasteiger partial charge on any atom is -0.465 e. The number of benzene rings is 1. The molecular weight excluding hydrogens is 536 g/mol. The summed E-state index contributed by atoms with van der Waals surface area (Å²) in [5.74, 6) is -0.405. The minimum absolute atomic E-state index is 0.142. The normalized spacial score (nSPS) is 15.8. The van der Waals surface area contributed by atoms with Gasteiger partial charge in [0.2, 0.25) is 0 Å². The van der Waals surface area contributed by atoms with Crippen molar-refractivity contribution in [2.24, 2.45) is 11.3 Å². The minimum atomic E-state index is -1.08. The van der Waals surface area contributed by atoms with Gasteiger partial charge in [-0.1, -0.05) is 32.5 Å². The quantitative estimate of drug-likeness (QED) is 0.294. The van der Waals surface area contributed by atoms with Gasteiger partial charge < -0.3 is 14.8 Å². The van der Waals surface area contributed by atoms with Gasteiger partial charge in [-0.2, -0.15) is 0 Å². The van der Waals surface area contributed by atoms with Crippen LogP contribution in [0.15, 0.2) is 29.4 Å². The van der Waals surface area contributed by atoms with Gasteiger partial charge in [0, 0.05) is 10.6 Å². The molecule has 1 amide bonds. The first-order valence-electron chi connectivity index (χ1n) is 12.8. The summed E-state index contributed by atoms with van der Waals surface area (Å²) < 4.78 is 12.4. The maximum atomic E-state index is 13.0. The summed E-state index contributed by atoms with van der Waals surface area (Å²) in [6.07, 6.45) is 3.40. The van der Waals surface area contributed by atoms with E-state index in [2.05, 4.69) is 36.3 Å². The number of thiophene rings is 1. The van der Waals surface area contributed by atoms with Crippen LogP contribution in [0.5, 0.6) is 0 Å². The number of hydrogen-bond acceptors (Lipinski definition) is 9. The van der Waals surface area contributed by atoms with E-state index in [1.54, 1.807) is 24.3 Å². The number of rotatable bonds is 7. The van der Waals surface area contributed by atoms with Crippen LogP contribution in [0.2, 0.25) is 0 Å². The molecule has 0 saturated heterocycles. The van der Waals surface area contributed by atoms with Crippen molar-refractivity contribution in [2.45, 2.75) is 65.1 Å². The van der Waals surface area contributed by atoms with E-state index in [-0.39, 0.29) is 5.41 Å². The molecule has 1 N–H and O–H groups in total. The van der Waals surface area contributed by atoms with Gasteiger partial charge in [-0.15, -0.1) is 21.5 Å². The van der Waals surface area contributed by atoms with Crippen molar-refractivity contribution < 1.29 is 23.9 Å². The molecule has 1 aliphatic carbocycles. The fourth-order valence-electron chi connectivity index (χ4n) is 4.75. The molecule has 208 valence electrons. The molecule has 3 aromatic rings. The highest BCUT2D eigenvalue weighted by Crippen LogP contribution is 2.44. The van der Waals surface area contributed by atoms with Crippen LogP contribution in [-0.2, 0) is 27.1 Å². The van der Waals surface area contributed by atoms with Gasteiger partial charge >= 0.3 is 11.9 Å². The number of fused-ring (bicyclic) bond motifs is 1.